The molecule has 1 atom stereocenters. The minimum atomic E-state index is -0.504. The minimum Gasteiger partial charge on any atom is -0.377 e. The highest BCUT2D eigenvalue weighted by Crippen LogP contribution is 2.17. The van der Waals surface area contributed by atoms with E-state index < -0.39 is 5.82 Å². The molecule has 1 aliphatic heterocycles. The van der Waals surface area contributed by atoms with Gasteiger partial charge in [-0.15, -0.1) is 12.6 Å². The molecule has 1 saturated heterocycles. The molecule has 1 amide bonds. The molecule has 0 aliphatic carbocycles. The molecule has 98 valence electrons. The topological polar surface area (TPSA) is 29.5 Å². The van der Waals surface area contributed by atoms with Gasteiger partial charge in [-0.05, 0) is 31.5 Å². The van der Waals surface area contributed by atoms with Crippen molar-refractivity contribution in [1.82, 2.24) is 4.90 Å². The summed E-state index contributed by atoms with van der Waals surface area (Å²) in [4.78, 5) is 14.5. The maximum absolute atomic E-state index is 13.7. The molecule has 0 N–H and O–H groups in total. The number of ether oxygens (including phenoxy) is 1. The van der Waals surface area contributed by atoms with Crippen molar-refractivity contribution >= 4 is 18.5 Å². The summed E-state index contributed by atoms with van der Waals surface area (Å²) in [5.74, 6) is -0.795. The smallest absolute Gasteiger partial charge is 0.256 e. The quantitative estimate of drug-likeness (QED) is 0.793. The Labute approximate surface area is 111 Å². The van der Waals surface area contributed by atoms with Crippen LogP contribution in [0.2, 0.25) is 0 Å². The first-order chi connectivity index (χ1) is 8.58. The molecule has 18 heavy (non-hydrogen) atoms. The molecule has 1 aromatic carbocycles. The summed E-state index contributed by atoms with van der Waals surface area (Å²) in [5.41, 5.74) is 0.0802. The zero-order valence-electron chi connectivity index (χ0n) is 10.2. The molecule has 1 fully saturated rings. The van der Waals surface area contributed by atoms with Crippen LogP contribution >= 0.6 is 12.6 Å². The average molecular weight is 269 g/mol. The monoisotopic (exact) mass is 269 g/mol. The van der Waals surface area contributed by atoms with Crippen LogP contribution in [0.5, 0.6) is 0 Å². The fraction of sp³-hybridized carbons (Fsp3) is 0.462. The molecular weight excluding hydrogens is 253 g/mol. The van der Waals surface area contributed by atoms with Crippen molar-refractivity contribution < 1.29 is 13.9 Å². The second-order valence-corrected chi connectivity index (χ2v) is 4.97. The number of rotatable bonds is 1. The number of halogens is 1. The van der Waals surface area contributed by atoms with Gasteiger partial charge in [0.1, 0.15) is 5.82 Å². The Hall–Kier alpha value is -1.07. The molecule has 0 saturated carbocycles. The van der Waals surface area contributed by atoms with Gasteiger partial charge in [0.2, 0.25) is 0 Å². The van der Waals surface area contributed by atoms with Gasteiger partial charge in [0.25, 0.3) is 5.91 Å². The van der Waals surface area contributed by atoms with E-state index in [1.807, 2.05) is 6.92 Å². The zero-order chi connectivity index (χ0) is 13.1. The molecule has 3 nitrogen and oxygen atoms in total. The van der Waals surface area contributed by atoms with E-state index in [9.17, 15) is 9.18 Å². The van der Waals surface area contributed by atoms with E-state index in [1.165, 1.54) is 18.2 Å². The lowest BCUT2D eigenvalue weighted by Gasteiger charge is -2.22. The number of nitrogens with zero attached hydrogens (tertiary/aromatic N) is 1. The Bertz CT molecular complexity index is 453. The number of hydrogen-bond acceptors (Lipinski definition) is 3. The summed E-state index contributed by atoms with van der Waals surface area (Å²) in [6.07, 6.45) is 0.761. The number of carbonyl (C=O) groups excluding carboxylic acids is 1. The molecule has 1 heterocycles. The Morgan fingerprint density at radius 2 is 2.33 bits per heavy atom. The summed E-state index contributed by atoms with van der Waals surface area (Å²) >= 11 is 4.14. The van der Waals surface area contributed by atoms with E-state index in [0.29, 0.717) is 24.6 Å². The van der Waals surface area contributed by atoms with Gasteiger partial charge in [0.15, 0.2) is 0 Å². The van der Waals surface area contributed by atoms with Crippen molar-refractivity contribution in [3.05, 3.63) is 29.6 Å². The number of thiol groups is 1. The van der Waals surface area contributed by atoms with Gasteiger partial charge in [0, 0.05) is 24.6 Å². The second-order valence-electron chi connectivity index (χ2n) is 4.45. The van der Waals surface area contributed by atoms with Crippen LogP contribution in [0.4, 0.5) is 4.39 Å². The first kappa shape index (κ1) is 13.4. The van der Waals surface area contributed by atoms with Crippen molar-refractivity contribution in [3.63, 3.8) is 0 Å². The summed E-state index contributed by atoms with van der Waals surface area (Å²) in [6.45, 7) is 3.64. The first-order valence-electron chi connectivity index (χ1n) is 5.97. The third-order valence-electron chi connectivity index (χ3n) is 2.92. The highest BCUT2D eigenvalue weighted by Gasteiger charge is 2.23. The van der Waals surface area contributed by atoms with E-state index in [-0.39, 0.29) is 17.6 Å². The lowest BCUT2D eigenvalue weighted by Crippen LogP contribution is -2.36. The first-order valence-corrected chi connectivity index (χ1v) is 6.42. The molecule has 1 unspecified atom stereocenters. The van der Waals surface area contributed by atoms with Gasteiger partial charge in [0.05, 0.1) is 11.7 Å². The lowest BCUT2D eigenvalue weighted by atomic mass is 10.1. The van der Waals surface area contributed by atoms with E-state index in [1.54, 1.807) is 4.90 Å². The fourth-order valence-electron chi connectivity index (χ4n) is 2.03. The van der Waals surface area contributed by atoms with Gasteiger partial charge in [-0.3, -0.25) is 4.79 Å². The van der Waals surface area contributed by atoms with Gasteiger partial charge < -0.3 is 9.64 Å². The van der Waals surface area contributed by atoms with Crippen LogP contribution in [0.15, 0.2) is 23.1 Å². The maximum Gasteiger partial charge on any atom is 0.256 e. The fourth-order valence-corrected chi connectivity index (χ4v) is 2.23. The van der Waals surface area contributed by atoms with Crippen LogP contribution in [0.3, 0.4) is 0 Å². The minimum absolute atomic E-state index is 0.0151. The Morgan fingerprint density at radius 1 is 1.56 bits per heavy atom. The standard InChI is InChI=1S/C13H16FNO2S/c1-9-8-15(5-2-6-17-9)13(16)11-7-10(18)3-4-12(11)14/h3-4,7,9,18H,2,5-6,8H2,1H3. The number of carbonyl (C=O) groups is 1. The molecule has 2 rings (SSSR count). The average Bonchev–Trinajstić information content (AvgIpc) is 2.56. The molecule has 1 aromatic rings. The van der Waals surface area contributed by atoms with Crippen molar-refractivity contribution in [3.8, 4) is 0 Å². The Morgan fingerprint density at radius 3 is 3.11 bits per heavy atom. The molecule has 0 radical (unpaired) electrons. The lowest BCUT2D eigenvalue weighted by molar-refractivity contribution is 0.0560. The molecule has 0 spiro atoms. The second kappa shape index (κ2) is 5.71. The summed E-state index contributed by atoms with van der Waals surface area (Å²) in [5, 5.41) is 0. The summed E-state index contributed by atoms with van der Waals surface area (Å²) in [7, 11) is 0. The molecule has 0 bridgehead atoms. The Kier molecular flexibility index (Phi) is 4.24. The molecular formula is C13H16FNO2S. The largest absolute Gasteiger partial charge is 0.377 e. The van der Waals surface area contributed by atoms with Crippen LogP contribution in [0.1, 0.15) is 23.7 Å². The highest BCUT2D eigenvalue weighted by atomic mass is 32.1. The van der Waals surface area contributed by atoms with Crippen LogP contribution < -0.4 is 0 Å². The molecule has 5 heteroatoms. The molecule has 0 aromatic heterocycles. The van der Waals surface area contributed by atoms with Crippen molar-refractivity contribution in [2.24, 2.45) is 0 Å². The SMILES string of the molecule is CC1CN(C(=O)c2cc(S)ccc2F)CCCO1. The predicted molar refractivity (Wildman–Crippen MR) is 69.6 cm³/mol. The van der Waals surface area contributed by atoms with Gasteiger partial charge in [-0.1, -0.05) is 0 Å². The maximum atomic E-state index is 13.7. The number of hydrogen-bond donors (Lipinski definition) is 1. The van der Waals surface area contributed by atoms with Crippen molar-refractivity contribution in [2.45, 2.75) is 24.3 Å². The summed E-state index contributed by atoms with van der Waals surface area (Å²) < 4.78 is 19.1. The van der Waals surface area contributed by atoms with Gasteiger partial charge in [-0.25, -0.2) is 4.39 Å². The van der Waals surface area contributed by atoms with Gasteiger partial charge in [-0.2, -0.15) is 0 Å². The van der Waals surface area contributed by atoms with Crippen LogP contribution in [-0.4, -0.2) is 36.6 Å². The van der Waals surface area contributed by atoms with Crippen molar-refractivity contribution in [2.75, 3.05) is 19.7 Å². The van der Waals surface area contributed by atoms with E-state index in [0.717, 1.165) is 6.42 Å². The molecule has 1 aliphatic rings. The zero-order valence-corrected chi connectivity index (χ0v) is 11.1. The van der Waals surface area contributed by atoms with Crippen LogP contribution in [-0.2, 0) is 4.74 Å². The van der Waals surface area contributed by atoms with E-state index in [4.69, 9.17) is 4.74 Å². The van der Waals surface area contributed by atoms with Crippen LogP contribution in [0, 0.1) is 5.82 Å². The predicted octanol–water partition coefficient (Wildman–Crippen LogP) is 2.37. The summed E-state index contributed by atoms with van der Waals surface area (Å²) in [6, 6.07) is 4.27. The van der Waals surface area contributed by atoms with E-state index in [2.05, 4.69) is 12.6 Å². The number of amides is 1. The normalized spacial score (nSPS) is 20.6. The van der Waals surface area contributed by atoms with Crippen molar-refractivity contribution in [1.29, 1.82) is 0 Å². The highest BCUT2D eigenvalue weighted by molar-refractivity contribution is 7.80. The Balaban J connectivity index is 2.21. The van der Waals surface area contributed by atoms with Gasteiger partial charge >= 0.3 is 0 Å². The van der Waals surface area contributed by atoms with Crippen LogP contribution in [0.25, 0.3) is 0 Å². The number of benzene rings is 1. The third-order valence-corrected chi connectivity index (χ3v) is 3.20. The van der Waals surface area contributed by atoms with E-state index >= 15 is 0 Å². The third kappa shape index (κ3) is 3.03.